The van der Waals surface area contributed by atoms with Crippen molar-refractivity contribution in [1.82, 2.24) is 0 Å². The number of ether oxygens (including phenoxy) is 2. The second-order valence-electron chi connectivity index (χ2n) is 5.53. The van der Waals surface area contributed by atoms with Gasteiger partial charge in [-0.05, 0) is 24.6 Å². The fraction of sp³-hybridized carbons (Fsp3) is 0.533. The van der Waals surface area contributed by atoms with Crippen LogP contribution >= 0.6 is 0 Å². The SMILES string of the molecule is CC(=O)Cc1cc(O)cc(OC2OC(CO)C(O)C(O)C2O)c1. The molecule has 0 spiro atoms. The van der Waals surface area contributed by atoms with Gasteiger partial charge in [0, 0.05) is 12.5 Å². The van der Waals surface area contributed by atoms with E-state index >= 15 is 0 Å². The van der Waals surface area contributed by atoms with Crippen LogP contribution < -0.4 is 4.74 Å². The van der Waals surface area contributed by atoms with Gasteiger partial charge >= 0.3 is 0 Å². The Bertz CT molecular complexity index is 558. The molecule has 1 aromatic rings. The summed E-state index contributed by atoms with van der Waals surface area (Å²) in [4.78, 5) is 11.2. The highest BCUT2D eigenvalue weighted by atomic mass is 16.7. The largest absolute Gasteiger partial charge is 0.508 e. The van der Waals surface area contributed by atoms with Gasteiger partial charge in [-0.25, -0.2) is 0 Å². The number of phenolic OH excluding ortho intramolecular Hbond substituents is 1. The Kier molecular flexibility index (Phi) is 5.55. The van der Waals surface area contributed by atoms with Crippen molar-refractivity contribution in [3.63, 3.8) is 0 Å². The highest BCUT2D eigenvalue weighted by molar-refractivity contribution is 5.78. The van der Waals surface area contributed by atoms with Crippen LogP contribution in [0.3, 0.4) is 0 Å². The molecule has 23 heavy (non-hydrogen) atoms. The minimum absolute atomic E-state index is 0.0967. The number of phenols is 1. The van der Waals surface area contributed by atoms with Crippen LogP contribution in [0.1, 0.15) is 12.5 Å². The average Bonchev–Trinajstić information content (AvgIpc) is 2.46. The molecule has 8 nitrogen and oxygen atoms in total. The van der Waals surface area contributed by atoms with Gasteiger partial charge in [0.05, 0.1) is 6.61 Å². The summed E-state index contributed by atoms with van der Waals surface area (Å²) in [5.41, 5.74) is 0.511. The normalized spacial score (nSPS) is 30.9. The van der Waals surface area contributed by atoms with E-state index in [9.17, 15) is 25.2 Å². The van der Waals surface area contributed by atoms with E-state index in [0.717, 1.165) is 0 Å². The summed E-state index contributed by atoms with van der Waals surface area (Å²) < 4.78 is 10.6. The Morgan fingerprint density at radius 3 is 2.48 bits per heavy atom. The molecule has 1 heterocycles. The zero-order valence-electron chi connectivity index (χ0n) is 12.5. The van der Waals surface area contributed by atoms with Crippen LogP contribution in [0.5, 0.6) is 11.5 Å². The lowest BCUT2D eigenvalue weighted by Gasteiger charge is -2.39. The topological polar surface area (TPSA) is 137 Å². The molecule has 0 aromatic heterocycles. The number of rotatable bonds is 5. The van der Waals surface area contributed by atoms with Gasteiger partial charge in [0.25, 0.3) is 0 Å². The second kappa shape index (κ2) is 7.24. The summed E-state index contributed by atoms with van der Waals surface area (Å²) in [6, 6.07) is 4.15. The Morgan fingerprint density at radius 1 is 1.17 bits per heavy atom. The van der Waals surface area contributed by atoms with Gasteiger partial charge in [-0.2, -0.15) is 0 Å². The molecule has 1 saturated heterocycles. The number of Topliss-reactive ketones (excluding diaryl/α,β-unsaturated/α-hetero) is 1. The number of ketones is 1. The minimum Gasteiger partial charge on any atom is -0.508 e. The molecule has 1 aromatic carbocycles. The van der Waals surface area contributed by atoms with Crippen LogP contribution in [0.4, 0.5) is 0 Å². The van der Waals surface area contributed by atoms with Gasteiger partial charge in [0.2, 0.25) is 6.29 Å². The summed E-state index contributed by atoms with van der Waals surface area (Å²) in [6.45, 7) is 0.836. The zero-order valence-corrected chi connectivity index (χ0v) is 12.5. The highest BCUT2D eigenvalue weighted by Crippen LogP contribution is 2.27. The maximum atomic E-state index is 11.2. The average molecular weight is 328 g/mol. The van der Waals surface area contributed by atoms with Crippen molar-refractivity contribution in [2.75, 3.05) is 6.61 Å². The molecule has 5 atom stereocenters. The molecular weight excluding hydrogens is 308 g/mol. The lowest BCUT2D eigenvalue weighted by Crippen LogP contribution is -2.60. The van der Waals surface area contributed by atoms with E-state index in [4.69, 9.17) is 14.6 Å². The molecule has 1 aliphatic heterocycles. The third-order valence-corrected chi connectivity index (χ3v) is 3.50. The van der Waals surface area contributed by atoms with Crippen LogP contribution in [0.15, 0.2) is 18.2 Å². The Morgan fingerprint density at radius 2 is 1.87 bits per heavy atom. The fourth-order valence-corrected chi connectivity index (χ4v) is 2.40. The van der Waals surface area contributed by atoms with Gasteiger partial charge in [-0.3, -0.25) is 4.79 Å². The standard InChI is InChI=1S/C15H20O8/c1-7(17)2-8-3-9(18)5-10(4-8)22-15-14(21)13(20)12(19)11(6-16)23-15/h3-5,11-16,18-21H,2,6H2,1H3. The van der Waals surface area contributed by atoms with Crippen molar-refractivity contribution >= 4 is 5.78 Å². The Labute approximate surface area is 132 Å². The molecule has 128 valence electrons. The van der Waals surface area contributed by atoms with Crippen LogP contribution in [-0.2, 0) is 16.0 Å². The third kappa shape index (κ3) is 4.18. The van der Waals surface area contributed by atoms with E-state index in [1.165, 1.54) is 25.1 Å². The number of hydrogen-bond donors (Lipinski definition) is 5. The number of aromatic hydroxyl groups is 1. The number of aliphatic hydroxyl groups is 4. The van der Waals surface area contributed by atoms with Crippen molar-refractivity contribution in [2.45, 2.75) is 44.1 Å². The third-order valence-electron chi connectivity index (χ3n) is 3.50. The predicted octanol–water partition coefficient (Wildman–Crippen LogP) is -1.30. The number of benzene rings is 1. The highest BCUT2D eigenvalue weighted by Gasteiger charge is 2.44. The first-order valence-electron chi connectivity index (χ1n) is 7.11. The summed E-state index contributed by atoms with van der Waals surface area (Å²) in [5, 5.41) is 48.1. The van der Waals surface area contributed by atoms with E-state index in [2.05, 4.69) is 0 Å². The van der Waals surface area contributed by atoms with E-state index in [1.54, 1.807) is 0 Å². The molecular formula is C15H20O8. The number of carbonyl (C=O) groups is 1. The lowest BCUT2D eigenvalue weighted by molar-refractivity contribution is -0.277. The molecule has 1 fully saturated rings. The molecule has 5 unspecified atom stereocenters. The van der Waals surface area contributed by atoms with Gasteiger partial charge in [-0.15, -0.1) is 0 Å². The monoisotopic (exact) mass is 328 g/mol. The zero-order chi connectivity index (χ0) is 17.1. The first kappa shape index (κ1) is 17.6. The van der Waals surface area contributed by atoms with Crippen LogP contribution in [0.25, 0.3) is 0 Å². The molecule has 0 saturated carbocycles. The second-order valence-corrected chi connectivity index (χ2v) is 5.53. The van der Waals surface area contributed by atoms with Crippen molar-refractivity contribution in [1.29, 1.82) is 0 Å². The summed E-state index contributed by atoms with van der Waals surface area (Å²) in [7, 11) is 0. The van der Waals surface area contributed by atoms with Gasteiger partial charge in [-0.1, -0.05) is 0 Å². The van der Waals surface area contributed by atoms with E-state index in [0.29, 0.717) is 5.56 Å². The van der Waals surface area contributed by atoms with E-state index in [1.807, 2.05) is 0 Å². The van der Waals surface area contributed by atoms with Crippen molar-refractivity contribution in [2.24, 2.45) is 0 Å². The van der Waals surface area contributed by atoms with Crippen molar-refractivity contribution in [3.05, 3.63) is 23.8 Å². The summed E-state index contributed by atoms with van der Waals surface area (Å²) in [5.74, 6) is -0.122. The Hall–Kier alpha value is -1.71. The lowest BCUT2D eigenvalue weighted by atomic mass is 9.99. The molecule has 2 rings (SSSR count). The summed E-state index contributed by atoms with van der Waals surface area (Å²) >= 11 is 0. The molecule has 0 radical (unpaired) electrons. The van der Waals surface area contributed by atoms with E-state index < -0.39 is 37.3 Å². The summed E-state index contributed by atoms with van der Waals surface area (Å²) in [6.07, 6.45) is -6.93. The van der Waals surface area contributed by atoms with Crippen LogP contribution in [-0.4, -0.2) is 68.6 Å². The number of hydrogen-bond acceptors (Lipinski definition) is 8. The van der Waals surface area contributed by atoms with Gasteiger partial charge < -0.3 is 35.0 Å². The maximum absolute atomic E-state index is 11.2. The number of aliphatic hydroxyl groups excluding tert-OH is 4. The smallest absolute Gasteiger partial charge is 0.229 e. The van der Waals surface area contributed by atoms with E-state index in [-0.39, 0.29) is 23.7 Å². The van der Waals surface area contributed by atoms with Crippen LogP contribution in [0, 0.1) is 0 Å². The first-order chi connectivity index (χ1) is 10.8. The molecule has 8 heteroatoms. The minimum atomic E-state index is -1.56. The number of carbonyl (C=O) groups excluding carboxylic acids is 1. The maximum Gasteiger partial charge on any atom is 0.229 e. The predicted molar refractivity (Wildman–Crippen MR) is 76.9 cm³/mol. The quantitative estimate of drug-likeness (QED) is 0.450. The fourth-order valence-electron chi connectivity index (χ4n) is 2.40. The Balaban J connectivity index is 2.17. The molecule has 1 aliphatic rings. The van der Waals surface area contributed by atoms with Gasteiger partial charge in [0.1, 0.15) is 41.7 Å². The van der Waals surface area contributed by atoms with Crippen molar-refractivity contribution < 1.29 is 39.8 Å². The molecule has 0 amide bonds. The van der Waals surface area contributed by atoms with Gasteiger partial charge in [0.15, 0.2) is 0 Å². The molecule has 0 bridgehead atoms. The van der Waals surface area contributed by atoms with Crippen molar-refractivity contribution in [3.8, 4) is 11.5 Å². The molecule has 0 aliphatic carbocycles. The van der Waals surface area contributed by atoms with Crippen LogP contribution in [0.2, 0.25) is 0 Å². The first-order valence-corrected chi connectivity index (χ1v) is 7.11. The molecule has 5 N–H and O–H groups in total.